The molecule has 0 atom stereocenters. The molecular formula is C14H25N3S. The summed E-state index contributed by atoms with van der Waals surface area (Å²) in [7, 11) is 0. The first-order chi connectivity index (χ1) is 8.81. The van der Waals surface area contributed by atoms with Gasteiger partial charge in [-0.05, 0) is 32.2 Å². The Morgan fingerprint density at radius 1 is 1.39 bits per heavy atom. The third-order valence-corrected chi connectivity index (χ3v) is 5.73. The van der Waals surface area contributed by atoms with Crippen LogP contribution in [0.5, 0.6) is 0 Å². The number of rotatable bonds is 5. The number of thioether (sulfide) groups is 1. The summed E-state index contributed by atoms with van der Waals surface area (Å²) in [5, 5.41) is 4.91. The molecule has 2 aliphatic carbocycles. The molecule has 0 aromatic carbocycles. The zero-order chi connectivity index (χ0) is 12.4. The van der Waals surface area contributed by atoms with E-state index in [0.29, 0.717) is 5.54 Å². The first-order valence-electron chi connectivity index (χ1n) is 7.51. The standard InChI is InChI=1S/C14H25N3S/c1-2-17(12-5-6-12)10-9-15-13-16-14(11-18-13)7-3-4-8-14/h12H,2-11H2,1H3,(H,15,16). The molecule has 0 bridgehead atoms. The van der Waals surface area contributed by atoms with Crippen molar-refractivity contribution in [3.05, 3.63) is 0 Å². The van der Waals surface area contributed by atoms with Gasteiger partial charge in [-0.2, -0.15) is 0 Å². The van der Waals surface area contributed by atoms with Gasteiger partial charge in [0.05, 0.1) is 6.54 Å². The minimum atomic E-state index is 0.421. The van der Waals surface area contributed by atoms with Crippen LogP contribution in [0.4, 0.5) is 0 Å². The summed E-state index contributed by atoms with van der Waals surface area (Å²) in [5.41, 5.74) is 0.421. The highest BCUT2D eigenvalue weighted by molar-refractivity contribution is 8.14. The minimum Gasteiger partial charge on any atom is -0.359 e. The second-order valence-electron chi connectivity index (χ2n) is 5.95. The van der Waals surface area contributed by atoms with Crippen LogP contribution >= 0.6 is 11.8 Å². The van der Waals surface area contributed by atoms with E-state index in [9.17, 15) is 0 Å². The maximum absolute atomic E-state index is 4.77. The van der Waals surface area contributed by atoms with E-state index in [4.69, 9.17) is 4.99 Å². The van der Waals surface area contributed by atoms with E-state index in [0.717, 1.165) is 19.1 Å². The molecule has 0 aromatic heterocycles. The van der Waals surface area contributed by atoms with Gasteiger partial charge < -0.3 is 5.32 Å². The SMILES string of the molecule is CCN(CCN=C1NC2(CCCC2)CS1)C1CC1. The number of nitrogens with one attached hydrogen (secondary N) is 1. The van der Waals surface area contributed by atoms with E-state index in [-0.39, 0.29) is 0 Å². The van der Waals surface area contributed by atoms with E-state index in [1.54, 1.807) is 0 Å². The molecule has 0 amide bonds. The van der Waals surface area contributed by atoms with Gasteiger partial charge in [0.2, 0.25) is 0 Å². The lowest BCUT2D eigenvalue weighted by atomic mass is 10.0. The van der Waals surface area contributed by atoms with Crippen LogP contribution in [0.25, 0.3) is 0 Å². The molecule has 1 heterocycles. The van der Waals surface area contributed by atoms with Crippen LogP contribution in [-0.4, -0.2) is 47.0 Å². The summed E-state index contributed by atoms with van der Waals surface area (Å²) in [6.07, 6.45) is 8.30. The summed E-state index contributed by atoms with van der Waals surface area (Å²) < 4.78 is 0. The van der Waals surface area contributed by atoms with E-state index in [2.05, 4.69) is 17.1 Å². The topological polar surface area (TPSA) is 27.6 Å². The van der Waals surface area contributed by atoms with Crippen molar-refractivity contribution in [3.63, 3.8) is 0 Å². The smallest absolute Gasteiger partial charge is 0.157 e. The molecule has 1 N–H and O–H groups in total. The zero-order valence-corrected chi connectivity index (χ0v) is 12.3. The summed E-state index contributed by atoms with van der Waals surface area (Å²) in [6, 6.07) is 0.876. The molecule has 3 fully saturated rings. The van der Waals surface area contributed by atoms with Crippen LogP contribution < -0.4 is 5.32 Å². The first-order valence-corrected chi connectivity index (χ1v) is 8.49. The Hall–Kier alpha value is -0.220. The van der Waals surface area contributed by atoms with E-state index < -0.39 is 0 Å². The van der Waals surface area contributed by atoms with Gasteiger partial charge in [-0.1, -0.05) is 31.5 Å². The third kappa shape index (κ3) is 2.85. The Kier molecular flexibility index (Phi) is 3.85. The molecule has 0 unspecified atom stereocenters. The fourth-order valence-corrected chi connectivity index (χ4v) is 4.48. The molecule has 1 saturated heterocycles. The molecule has 0 aromatic rings. The second-order valence-corrected chi connectivity index (χ2v) is 6.91. The third-order valence-electron chi connectivity index (χ3n) is 4.53. The van der Waals surface area contributed by atoms with Gasteiger partial charge in [0.15, 0.2) is 5.17 Å². The van der Waals surface area contributed by atoms with Crippen molar-refractivity contribution in [2.24, 2.45) is 4.99 Å². The number of amidine groups is 1. The molecule has 3 aliphatic rings. The van der Waals surface area contributed by atoms with Crippen molar-refractivity contribution in [1.29, 1.82) is 0 Å². The van der Waals surface area contributed by atoms with Crippen molar-refractivity contribution in [3.8, 4) is 0 Å². The molecule has 0 radical (unpaired) electrons. The number of nitrogens with zero attached hydrogens (tertiary/aromatic N) is 2. The largest absolute Gasteiger partial charge is 0.359 e. The van der Waals surface area contributed by atoms with Gasteiger partial charge in [0.1, 0.15) is 0 Å². The summed E-state index contributed by atoms with van der Waals surface area (Å²) in [5.74, 6) is 1.24. The van der Waals surface area contributed by atoms with Crippen molar-refractivity contribution in [1.82, 2.24) is 10.2 Å². The van der Waals surface area contributed by atoms with Gasteiger partial charge in [-0.25, -0.2) is 0 Å². The summed E-state index contributed by atoms with van der Waals surface area (Å²) in [4.78, 5) is 7.35. The highest BCUT2D eigenvalue weighted by Crippen LogP contribution is 2.37. The van der Waals surface area contributed by atoms with E-state index >= 15 is 0 Å². The Morgan fingerprint density at radius 3 is 2.83 bits per heavy atom. The fraction of sp³-hybridized carbons (Fsp3) is 0.929. The van der Waals surface area contributed by atoms with E-state index in [1.165, 1.54) is 56.0 Å². The van der Waals surface area contributed by atoms with Gasteiger partial charge in [0, 0.05) is 23.9 Å². The Morgan fingerprint density at radius 2 is 2.17 bits per heavy atom. The van der Waals surface area contributed by atoms with Crippen LogP contribution in [0.2, 0.25) is 0 Å². The minimum absolute atomic E-state index is 0.421. The van der Waals surface area contributed by atoms with Gasteiger partial charge in [-0.3, -0.25) is 9.89 Å². The van der Waals surface area contributed by atoms with Crippen LogP contribution in [-0.2, 0) is 0 Å². The second kappa shape index (κ2) is 5.41. The quantitative estimate of drug-likeness (QED) is 0.829. The van der Waals surface area contributed by atoms with Gasteiger partial charge in [0.25, 0.3) is 0 Å². The van der Waals surface area contributed by atoms with Crippen LogP contribution in [0, 0.1) is 0 Å². The molecule has 4 heteroatoms. The summed E-state index contributed by atoms with van der Waals surface area (Å²) >= 11 is 1.94. The number of aliphatic imine (C=N–C) groups is 1. The average Bonchev–Trinajstić information content (AvgIpc) is 3.00. The highest BCUT2D eigenvalue weighted by Gasteiger charge is 2.39. The lowest BCUT2D eigenvalue weighted by Gasteiger charge is -2.22. The maximum Gasteiger partial charge on any atom is 0.157 e. The van der Waals surface area contributed by atoms with Crippen molar-refractivity contribution in [2.45, 2.75) is 57.0 Å². The molecular weight excluding hydrogens is 242 g/mol. The fourth-order valence-electron chi connectivity index (χ4n) is 3.23. The number of likely N-dealkylation sites (N-methyl/N-ethyl adjacent to an activating group) is 1. The Bertz CT molecular complexity index is 319. The summed E-state index contributed by atoms with van der Waals surface area (Å²) in [6.45, 7) is 5.55. The Balaban J connectivity index is 1.45. The van der Waals surface area contributed by atoms with Crippen molar-refractivity contribution in [2.75, 3.05) is 25.4 Å². The molecule has 1 spiro atoms. The molecule has 3 nitrogen and oxygen atoms in total. The number of hydrogen-bond donors (Lipinski definition) is 1. The lowest BCUT2D eigenvalue weighted by molar-refractivity contribution is 0.286. The number of hydrogen-bond acceptors (Lipinski definition) is 3. The van der Waals surface area contributed by atoms with E-state index in [1.807, 2.05) is 11.8 Å². The predicted octanol–water partition coefficient (Wildman–Crippen LogP) is 2.48. The molecule has 2 saturated carbocycles. The van der Waals surface area contributed by atoms with Crippen LogP contribution in [0.1, 0.15) is 45.4 Å². The van der Waals surface area contributed by atoms with Crippen LogP contribution in [0.15, 0.2) is 4.99 Å². The predicted molar refractivity (Wildman–Crippen MR) is 79.4 cm³/mol. The molecule has 3 rings (SSSR count). The van der Waals surface area contributed by atoms with Gasteiger partial charge in [-0.15, -0.1) is 0 Å². The van der Waals surface area contributed by atoms with Crippen molar-refractivity contribution >= 4 is 16.9 Å². The normalized spacial score (nSPS) is 28.4. The Labute approximate surface area is 115 Å². The molecule has 1 aliphatic heterocycles. The highest BCUT2D eigenvalue weighted by atomic mass is 32.2. The zero-order valence-electron chi connectivity index (χ0n) is 11.5. The monoisotopic (exact) mass is 267 g/mol. The molecule has 102 valence electrons. The van der Waals surface area contributed by atoms with Crippen LogP contribution in [0.3, 0.4) is 0 Å². The molecule has 18 heavy (non-hydrogen) atoms. The van der Waals surface area contributed by atoms with Gasteiger partial charge >= 0.3 is 0 Å². The maximum atomic E-state index is 4.77. The first kappa shape index (κ1) is 12.8. The van der Waals surface area contributed by atoms with Crippen molar-refractivity contribution < 1.29 is 0 Å². The lowest BCUT2D eigenvalue weighted by Crippen LogP contribution is -2.40. The average molecular weight is 267 g/mol.